The second kappa shape index (κ2) is 12.1. The van der Waals surface area contributed by atoms with Crippen molar-refractivity contribution in [3.05, 3.63) is 0 Å². The molecule has 0 aromatic heterocycles. The van der Waals surface area contributed by atoms with Gasteiger partial charge in [0.1, 0.15) is 0 Å². The summed E-state index contributed by atoms with van der Waals surface area (Å²) in [5.74, 6) is -0.314. The molecule has 0 aromatic rings. The van der Waals surface area contributed by atoms with E-state index >= 15 is 0 Å². The first-order chi connectivity index (χ1) is 9.56. The van der Waals surface area contributed by atoms with Crippen LogP contribution in [-0.2, 0) is 19.0 Å². The summed E-state index contributed by atoms with van der Waals surface area (Å²) in [5.41, 5.74) is 4.77. The van der Waals surface area contributed by atoms with Gasteiger partial charge in [0.05, 0.1) is 18.8 Å². The van der Waals surface area contributed by atoms with Crippen LogP contribution in [0, 0.1) is 0 Å². The van der Waals surface area contributed by atoms with Crippen LogP contribution in [0.1, 0.15) is 33.1 Å². The van der Waals surface area contributed by atoms with Gasteiger partial charge in [0, 0.05) is 26.9 Å². The minimum Gasteiger partial charge on any atom is -0.382 e. The number of methoxy groups -OCH3 is 1. The Balaban J connectivity index is 3.48. The quantitative estimate of drug-likeness (QED) is 0.460. The molecule has 0 bridgehead atoms. The molecule has 3 N–H and O–H groups in total. The predicted molar refractivity (Wildman–Crippen MR) is 78.6 cm³/mol. The maximum atomic E-state index is 11.4. The van der Waals surface area contributed by atoms with Crippen molar-refractivity contribution in [2.24, 2.45) is 5.73 Å². The zero-order valence-electron chi connectivity index (χ0n) is 13.1. The summed E-state index contributed by atoms with van der Waals surface area (Å²) < 4.78 is 15.7. The molecule has 6 heteroatoms. The summed E-state index contributed by atoms with van der Waals surface area (Å²) in [5, 5.41) is 3.13. The van der Waals surface area contributed by atoms with Crippen LogP contribution in [0.3, 0.4) is 0 Å². The largest absolute Gasteiger partial charge is 0.382 e. The van der Waals surface area contributed by atoms with Gasteiger partial charge in [-0.25, -0.2) is 0 Å². The van der Waals surface area contributed by atoms with Gasteiger partial charge in [0.15, 0.2) is 0 Å². The fraction of sp³-hybridized carbons (Fsp3) is 0.929. The molecular formula is C14H30N2O4. The maximum Gasteiger partial charge on any atom is 0.237 e. The third-order valence-corrected chi connectivity index (χ3v) is 3.09. The van der Waals surface area contributed by atoms with E-state index < -0.39 is 5.54 Å². The van der Waals surface area contributed by atoms with Crippen LogP contribution in [0.4, 0.5) is 0 Å². The van der Waals surface area contributed by atoms with Crippen LogP contribution in [-0.4, -0.2) is 58.1 Å². The van der Waals surface area contributed by atoms with E-state index in [0.29, 0.717) is 39.5 Å². The summed E-state index contributed by atoms with van der Waals surface area (Å²) in [7, 11) is 1.65. The van der Waals surface area contributed by atoms with Crippen LogP contribution in [0.15, 0.2) is 0 Å². The van der Waals surface area contributed by atoms with Crippen molar-refractivity contribution in [1.29, 1.82) is 0 Å². The number of amides is 1. The van der Waals surface area contributed by atoms with Gasteiger partial charge in [-0.2, -0.15) is 0 Å². The molecule has 120 valence electrons. The Kier molecular flexibility index (Phi) is 11.7. The third kappa shape index (κ3) is 9.25. The lowest BCUT2D eigenvalue weighted by Crippen LogP contribution is -2.53. The van der Waals surface area contributed by atoms with Crippen molar-refractivity contribution in [1.82, 2.24) is 5.32 Å². The lowest BCUT2D eigenvalue weighted by Gasteiger charge is -2.26. The highest BCUT2D eigenvalue weighted by molar-refractivity contribution is 5.84. The SMILES string of the molecule is CCNC(C)(CCCOCCCOCCOC)C(N)=O. The number of ether oxygens (including phenoxy) is 3. The molecule has 1 atom stereocenters. The Bertz CT molecular complexity index is 251. The summed E-state index contributed by atoms with van der Waals surface area (Å²) in [6, 6.07) is 0. The Labute approximate surface area is 122 Å². The van der Waals surface area contributed by atoms with Crippen molar-refractivity contribution < 1.29 is 19.0 Å². The first-order valence-corrected chi connectivity index (χ1v) is 7.26. The van der Waals surface area contributed by atoms with Crippen LogP contribution < -0.4 is 11.1 Å². The Morgan fingerprint density at radius 3 is 2.25 bits per heavy atom. The molecule has 0 rings (SSSR count). The fourth-order valence-electron chi connectivity index (χ4n) is 1.83. The lowest BCUT2D eigenvalue weighted by atomic mass is 9.95. The van der Waals surface area contributed by atoms with Crippen molar-refractivity contribution >= 4 is 5.91 Å². The smallest absolute Gasteiger partial charge is 0.237 e. The van der Waals surface area contributed by atoms with E-state index in [9.17, 15) is 4.79 Å². The van der Waals surface area contributed by atoms with Crippen LogP contribution in [0.2, 0.25) is 0 Å². The van der Waals surface area contributed by atoms with Crippen molar-refractivity contribution in [3.8, 4) is 0 Å². The van der Waals surface area contributed by atoms with Gasteiger partial charge in [0.2, 0.25) is 5.91 Å². The molecule has 0 radical (unpaired) electrons. The van der Waals surface area contributed by atoms with E-state index in [4.69, 9.17) is 19.9 Å². The van der Waals surface area contributed by atoms with Gasteiger partial charge < -0.3 is 25.3 Å². The molecule has 0 aromatic carbocycles. The predicted octanol–water partition coefficient (Wildman–Crippen LogP) is 0.690. The molecule has 1 unspecified atom stereocenters. The molecular weight excluding hydrogens is 260 g/mol. The fourth-order valence-corrected chi connectivity index (χ4v) is 1.83. The molecule has 0 aliphatic carbocycles. The Morgan fingerprint density at radius 1 is 1.10 bits per heavy atom. The minimum absolute atomic E-state index is 0.314. The number of likely N-dealkylation sites (N-methyl/N-ethyl adjacent to an activating group) is 1. The van der Waals surface area contributed by atoms with E-state index in [2.05, 4.69) is 5.32 Å². The summed E-state index contributed by atoms with van der Waals surface area (Å²) >= 11 is 0. The van der Waals surface area contributed by atoms with Crippen LogP contribution in [0.25, 0.3) is 0 Å². The van der Waals surface area contributed by atoms with Gasteiger partial charge in [-0.15, -0.1) is 0 Å². The number of hydrogen-bond donors (Lipinski definition) is 2. The van der Waals surface area contributed by atoms with Crippen molar-refractivity contribution in [2.75, 3.05) is 46.7 Å². The molecule has 0 saturated heterocycles. The molecule has 6 nitrogen and oxygen atoms in total. The number of nitrogens with two attached hydrogens (primary N) is 1. The van der Waals surface area contributed by atoms with Gasteiger partial charge >= 0.3 is 0 Å². The van der Waals surface area contributed by atoms with Crippen LogP contribution >= 0.6 is 0 Å². The Morgan fingerprint density at radius 2 is 1.70 bits per heavy atom. The number of rotatable bonds is 14. The standard InChI is InChI=1S/C14H30N2O4/c1-4-16-14(2,13(15)17)7-5-8-19-9-6-10-20-12-11-18-3/h16H,4-12H2,1-3H3,(H2,15,17). The highest BCUT2D eigenvalue weighted by Gasteiger charge is 2.28. The first kappa shape index (κ1) is 19.3. The van der Waals surface area contributed by atoms with E-state index in [-0.39, 0.29) is 5.91 Å². The van der Waals surface area contributed by atoms with E-state index in [1.165, 1.54) is 0 Å². The molecule has 0 heterocycles. The summed E-state index contributed by atoms with van der Waals surface area (Å²) in [4.78, 5) is 11.4. The van der Waals surface area contributed by atoms with E-state index in [1.54, 1.807) is 7.11 Å². The average molecular weight is 290 g/mol. The van der Waals surface area contributed by atoms with Crippen LogP contribution in [0.5, 0.6) is 0 Å². The minimum atomic E-state index is -0.638. The van der Waals surface area contributed by atoms with Gasteiger partial charge in [-0.05, 0) is 32.7 Å². The first-order valence-electron chi connectivity index (χ1n) is 7.26. The second-order valence-corrected chi connectivity index (χ2v) is 4.90. The van der Waals surface area contributed by atoms with Crippen molar-refractivity contribution in [3.63, 3.8) is 0 Å². The van der Waals surface area contributed by atoms with E-state index in [0.717, 1.165) is 19.4 Å². The third-order valence-electron chi connectivity index (χ3n) is 3.09. The average Bonchev–Trinajstić information content (AvgIpc) is 2.41. The second-order valence-electron chi connectivity index (χ2n) is 4.90. The number of hydrogen-bond acceptors (Lipinski definition) is 5. The Hall–Kier alpha value is -0.690. The monoisotopic (exact) mass is 290 g/mol. The number of primary amides is 1. The van der Waals surface area contributed by atoms with Gasteiger partial charge in [-0.1, -0.05) is 6.92 Å². The molecule has 20 heavy (non-hydrogen) atoms. The maximum absolute atomic E-state index is 11.4. The molecule has 1 amide bonds. The normalized spacial score (nSPS) is 14.2. The number of carbonyl (C=O) groups is 1. The van der Waals surface area contributed by atoms with Gasteiger partial charge in [0.25, 0.3) is 0 Å². The molecule has 0 aliphatic rings. The summed E-state index contributed by atoms with van der Waals surface area (Å²) in [6.45, 7) is 7.74. The number of nitrogens with one attached hydrogen (secondary N) is 1. The molecule has 0 aliphatic heterocycles. The molecule has 0 spiro atoms. The highest BCUT2D eigenvalue weighted by Crippen LogP contribution is 2.11. The van der Waals surface area contributed by atoms with E-state index in [1.807, 2.05) is 13.8 Å². The summed E-state index contributed by atoms with van der Waals surface area (Å²) in [6.07, 6.45) is 2.35. The van der Waals surface area contributed by atoms with Gasteiger partial charge in [-0.3, -0.25) is 4.79 Å². The lowest BCUT2D eigenvalue weighted by molar-refractivity contribution is -0.124. The molecule has 0 saturated carbocycles. The highest BCUT2D eigenvalue weighted by atomic mass is 16.5. The zero-order chi connectivity index (χ0) is 15.3. The topological polar surface area (TPSA) is 82.8 Å². The molecule has 0 fully saturated rings. The number of carbonyl (C=O) groups excluding carboxylic acids is 1. The zero-order valence-corrected chi connectivity index (χ0v) is 13.1. The van der Waals surface area contributed by atoms with Crippen molar-refractivity contribution in [2.45, 2.75) is 38.6 Å².